The van der Waals surface area contributed by atoms with Crippen LogP contribution >= 0.6 is 0 Å². The molecule has 0 aliphatic carbocycles. The van der Waals surface area contributed by atoms with E-state index in [2.05, 4.69) is 20.4 Å². The van der Waals surface area contributed by atoms with E-state index in [4.69, 9.17) is 0 Å². The summed E-state index contributed by atoms with van der Waals surface area (Å²) in [4.78, 5) is 0. The Morgan fingerprint density at radius 3 is 2.33 bits per heavy atom. The summed E-state index contributed by atoms with van der Waals surface area (Å²) < 4.78 is 23.6. The van der Waals surface area contributed by atoms with Crippen LogP contribution in [0.5, 0.6) is 0 Å². The van der Waals surface area contributed by atoms with Gasteiger partial charge in [-0.05, 0) is 12.3 Å². The summed E-state index contributed by atoms with van der Waals surface area (Å²) in [6.45, 7) is 7.94. The number of nitrogens with zero attached hydrogens (tertiary/aromatic N) is 1. The number of hydrogen-bond acceptors (Lipinski definition) is 2. The maximum absolute atomic E-state index is 11.1. The van der Waals surface area contributed by atoms with Crippen LogP contribution in [0.15, 0.2) is 12.0 Å². The van der Waals surface area contributed by atoms with Crippen molar-refractivity contribution in [2.45, 2.75) is 20.3 Å². The third-order valence-corrected chi connectivity index (χ3v) is 3.14. The van der Waals surface area contributed by atoms with E-state index in [1.54, 1.807) is 7.05 Å². The lowest BCUT2D eigenvalue weighted by atomic mass is 10.1. The minimum Gasteiger partial charge on any atom is -0.208 e. The van der Waals surface area contributed by atoms with E-state index in [0.717, 1.165) is 11.8 Å². The molecule has 0 amide bonds. The van der Waals surface area contributed by atoms with Gasteiger partial charge in [0.15, 0.2) is 0 Å². The SMILES string of the molecule is C=CS(=O)(=O)N(C)CCC(C)C. The molecule has 0 rings (SSSR count). The molecule has 0 saturated heterocycles. The van der Waals surface area contributed by atoms with Crippen LogP contribution < -0.4 is 0 Å². The molecule has 0 radical (unpaired) electrons. The van der Waals surface area contributed by atoms with Crippen LogP contribution in [-0.4, -0.2) is 26.3 Å². The minimum absolute atomic E-state index is 0.521. The Kier molecular flexibility index (Phi) is 4.49. The van der Waals surface area contributed by atoms with E-state index in [0.29, 0.717) is 12.5 Å². The zero-order valence-electron chi connectivity index (χ0n) is 7.95. The first kappa shape index (κ1) is 11.6. The molecule has 0 heterocycles. The summed E-state index contributed by atoms with van der Waals surface area (Å²) in [6, 6.07) is 0. The average Bonchev–Trinajstić information content (AvgIpc) is 2.00. The van der Waals surface area contributed by atoms with Crippen LogP contribution in [0, 0.1) is 5.92 Å². The minimum atomic E-state index is -3.20. The van der Waals surface area contributed by atoms with Gasteiger partial charge >= 0.3 is 0 Å². The summed E-state index contributed by atoms with van der Waals surface area (Å²) in [5.41, 5.74) is 0. The smallest absolute Gasteiger partial charge is 0.208 e. The van der Waals surface area contributed by atoms with E-state index in [-0.39, 0.29) is 0 Å². The van der Waals surface area contributed by atoms with Gasteiger partial charge in [-0.25, -0.2) is 12.7 Å². The topological polar surface area (TPSA) is 37.4 Å². The van der Waals surface area contributed by atoms with Crippen molar-refractivity contribution in [2.75, 3.05) is 13.6 Å². The van der Waals surface area contributed by atoms with E-state index in [9.17, 15) is 8.42 Å². The molecule has 0 saturated carbocycles. The molecule has 0 atom stereocenters. The van der Waals surface area contributed by atoms with Crippen molar-refractivity contribution in [3.05, 3.63) is 12.0 Å². The van der Waals surface area contributed by atoms with Crippen LogP contribution in [0.1, 0.15) is 20.3 Å². The molecular weight excluding hydrogens is 174 g/mol. The second kappa shape index (κ2) is 4.62. The average molecular weight is 191 g/mol. The van der Waals surface area contributed by atoms with Crippen LogP contribution in [0.3, 0.4) is 0 Å². The van der Waals surface area contributed by atoms with Gasteiger partial charge < -0.3 is 0 Å². The second-order valence-electron chi connectivity index (χ2n) is 3.22. The molecule has 0 aromatic rings. The summed E-state index contributed by atoms with van der Waals surface area (Å²) in [7, 11) is -1.63. The van der Waals surface area contributed by atoms with Crippen molar-refractivity contribution in [3.8, 4) is 0 Å². The molecule has 0 spiro atoms. The molecule has 0 aliphatic rings. The summed E-state index contributed by atoms with van der Waals surface area (Å²) >= 11 is 0. The Balaban J connectivity index is 4.05. The van der Waals surface area contributed by atoms with Gasteiger partial charge in [-0.1, -0.05) is 20.4 Å². The lowest BCUT2D eigenvalue weighted by Gasteiger charge is -2.15. The number of sulfonamides is 1. The summed E-state index contributed by atoms with van der Waals surface area (Å²) in [5.74, 6) is 0.521. The van der Waals surface area contributed by atoms with E-state index >= 15 is 0 Å². The Hall–Kier alpha value is -0.350. The van der Waals surface area contributed by atoms with Gasteiger partial charge in [0, 0.05) is 19.0 Å². The maximum atomic E-state index is 11.1. The van der Waals surface area contributed by atoms with Crippen molar-refractivity contribution in [1.29, 1.82) is 0 Å². The van der Waals surface area contributed by atoms with Gasteiger partial charge in [-0.2, -0.15) is 0 Å². The molecule has 0 aromatic heterocycles. The number of hydrogen-bond donors (Lipinski definition) is 0. The highest BCUT2D eigenvalue weighted by molar-refractivity contribution is 7.91. The first-order valence-corrected chi connectivity index (χ1v) is 5.49. The molecule has 0 aliphatic heterocycles. The highest BCUT2D eigenvalue weighted by Gasteiger charge is 2.12. The highest BCUT2D eigenvalue weighted by atomic mass is 32.2. The third-order valence-electron chi connectivity index (χ3n) is 1.67. The third kappa shape index (κ3) is 3.88. The highest BCUT2D eigenvalue weighted by Crippen LogP contribution is 2.04. The van der Waals surface area contributed by atoms with Crippen LogP contribution in [0.25, 0.3) is 0 Å². The molecule has 0 N–H and O–H groups in total. The van der Waals surface area contributed by atoms with Gasteiger partial charge in [0.1, 0.15) is 0 Å². The molecule has 0 fully saturated rings. The van der Waals surface area contributed by atoms with Gasteiger partial charge in [0.25, 0.3) is 0 Å². The molecule has 0 unspecified atom stereocenters. The Morgan fingerprint density at radius 1 is 1.50 bits per heavy atom. The second-order valence-corrected chi connectivity index (χ2v) is 5.20. The van der Waals surface area contributed by atoms with Gasteiger partial charge in [-0.15, -0.1) is 0 Å². The molecule has 0 bridgehead atoms. The zero-order chi connectivity index (χ0) is 9.78. The van der Waals surface area contributed by atoms with Crippen LogP contribution in [0.2, 0.25) is 0 Å². The van der Waals surface area contributed by atoms with Crippen molar-refractivity contribution < 1.29 is 8.42 Å². The van der Waals surface area contributed by atoms with Crippen molar-refractivity contribution in [1.82, 2.24) is 4.31 Å². The van der Waals surface area contributed by atoms with Crippen molar-refractivity contribution in [3.63, 3.8) is 0 Å². The van der Waals surface area contributed by atoms with Crippen molar-refractivity contribution >= 4 is 10.0 Å². The zero-order valence-corrected chi connectivity index (χ0v) is 8.76. The lowest BCUT2D eigenvalue weighted by Crippen LogP contribution is -2.26. The molecule has 0 aromatic carbocycles. The van der Waals surface area contributed by atoms with Crippen LogP contribution in [0.4, 0.5) is 0 Å². The summed E-state index contributed by atoms with van der Waals surface area (Å²) in [6.07, 6.45) is 0.879. The Morgan fingerprint density at radius 2 is 2.00 bits per heavy atom. The normalized spacial score (nSPS) is 12.4. The van der Waals surface area contributed by atoms with E-state index in [1.807, 2.05) is 0 Å². The van der Waals surface area contributed by atoms with E-state index in [1.165, 1.54) is 4.31 Å². The van der Waals surface area contributed by atoms with E-state index < -0.39 is 10.0 Å². The fraction of sp³-hybridized carbons (Fsp3) is 0.750. The predicted molar refractivity (Wildman–Crippen MR) is 51.2 cm³/mol. The monoisotopic (exact) mass is 191 g/mol. The Bertz CT molecular complexity index is 231. The maximum Gasteiger partial charge on any atom is 0.235 e. The quantitative estimate of drug-likeness (QED) is 0.659. The fourth-order valence-electron chi connectivity index (χ4n) is 0.694. The van der Waals surface area contributed by atoms with Crippen LogP contribution in [-0.2, 0) is 10.0 Å². The largest absolute Gasteiger partial charge is 0.235 e. The molecule has 4 heteroatoms. The predicted octanol–water partition coefficient (Wildman–Crippen LogP) is 1.44. The molecular formula is C8H17NO2S. The van der Waals surface area contributed by atoms with Crippen molar-refractivity contribution in [2.24, 2.45) is 5.92 Å². The van der Waals surface area contributed by atoms with Gasteiger partial charge in [-0.3, -0.25) is 0 Å². The molecule has 3 nitrogen and oxygen atoms in total. The standard InChI is InChI=1S/C8H17NO2S/c1-5-12(10,11)9(4)7-6-8(2)3/h5,8H,1,6-7H2,2-4H3. The first-order chi connectivity index (χ1) is 5.40. The first-order valence-electron chi connectivity index (χ1n) is 3.99. The Labute approximate surface area is 75.1 Å². The lowest BCUT2D eigenvalue weighted by molar-refractivity contribution is 0.433. The fourth-order valence-corrected chi connectivity index (χ4v) is 1.31. The molecule has 72 valence electrons. The van der Waals surface area contributed by atoms with Gasteiger partial charge in [0.05, 0.1) is 0 Å². The number of rotatable bonds is 5. The summed E-state index contributed by atoms with van der Waals surface area (Å²) in [5, 5.41) is 0.979. The molecule has 12 heavy (non-hydrogen) atoms. The van der Waals surface area contributed by atoms with Gasteiger partial charge in [0.2, 0.25) is 10.0 Å².